The van der Waals surface area contributed by atoms with Gasteiger partial charge in [-0.2, -0.15) is 0 Å². The number of sulfonamides is 1. The van der Waals surface area contributed by atoms with Crippen molar-refractivity contribution in [3.05, 3.63) is 89.2 Å². The van der Waals surface area contributed by atoms with E-state index in [0.717, 1.165) is 15.4 Å². The third-order valence-corrected chi connectivity index (χ3v) is 6.57. The lowest BCUT2D eigenvalue weighted by atomic mass is 10.1. The number of nitrogens with one attached hydrogen (secondary N) is 1. The first-order valence-electron chi connectivity index (χ1n) is 8.93. The van der Waals surface area contributed by atoms with E-state index in [1.165, 1.54) is 49.5 Å². The van der Waals surface area contributed by atoms with Gasteiger partial charge in [-0.25, -0.2) is 12.8 Å². The Hall–Kier alpha value is -3.19. The lowest BCUT2D eigenvalue weighted by Crippen LogP contribution is -2.27. The zero-order valence-electron chi connectivity index (χ0n) is 16.3. The Morgan fingerprint density at radius 2 is 1.66 bits per heavy atom. The lowest BCUT2D eigenvalue weighted by molar-refractivity contribution is 0.102. The van der Waals surface area contributed by atoms with Crippen molar-refractivity contribution in [2.24, 2.45) is 0 Å². The summed E-state index contributed by atoms with van der Waals surface area (Å²) in [6.07, 6.45) is 0. The molecule has 29 heavy (non-hydrogen) atoms. The maximum Gasteiger partial charge on any atom is 0.264 e. The maximum atomic E-state index is 14.0. The molecule has 0 aliphatic rings. The summed E-state index contributed by atoms with van der Waals surface area (Å²) in [5.74, 6) is -1.08. The molecule has 0 aliphatic heterocycles. The largest absolute Gasteiger partial charge is 0.322 e. The molecule has 0 aliphatic carbocycles. The van der Waals surface area contributed by atoms with Crippen LogP contribution in [0.2, 0.25) is 0 Å². The lowest BCUT2D eigenvalue weighted by Gasteiger charge is -2.20. The molecule has 1 N–H and O–H groups in total. The smallest absolute Gasteiger partial charge is 0.264 e. The van der Waals surface area contributed by atoms with Crippen LogP contribution in [0.4, 0.5) is 15.8 Å². The molecule has 0 atom stereocenters. The third-order valence-electron chi connectivity index (χ3n) is 4.80. The molecule has 7 heteroatoms. The van der Waals surface area contributed by atoms with Crippen LogP contribution in [-0.2, 0) is 10.0 Å². The molecule has 5 nitrogen and oxygen atoms in total. The van der Waals surface area contributed by atoms with Crippen LogP contribution in [0.5, 0.6) is 0 Å². The number of rotatable bonds is 5. The van der Waals surface area contributed by atoms with Crippen molar-refractivity contribution in [2.45, 2.75) is 18.7 Å². The molecule has 0 aromatic heterocycles. The highest BCUT2D eigenvalue weighted by Crippen LogP contribution is 2.25. The fourth-order valence-corrected chi connectivity index (χ4v) is 4.12. The summed E-state index contributed by atoms with van der Waals surface area (Å²) in [5, 5.41) is 2.81. The fourth-order valence-electron chi connectivity index (χ4n) is 2.87. The second-order valence-electron chi connectivity index (χ2n) is 6.65. The first-order valence-corrected chi connectivity index (χ1v) is 10.4. The SMILES string of the molecule is Cc1cccc(NC(=O)c2cccc(S(=O)(=O)N(C)c3ccccc3F)c2)c1C. The standard InChI is InChI=1S/C22H21FN2O3S/c1-15-8-6-12-20(16(15)2)24-22(26)17-9-7-10-18(14-17)29(27,28)25(3)21-13-5-4-11-19(21)23/h4-14H,1-3H3,(H,24,26). The number of amides is 1. The normalized spacial score (nSPS) is 11.2. The summed E-state index contributed by atoms with van der Waals surface area (Å²) >= 11 is 0. The summed E-state index contributed by atoms with van der Waals surface area (Å²) in [6, 6.07) is 16.8. The van der Waals surface area contributed by atoms with Gasteiger partial charge in [0.15, 0.2) is 0 Å². The molecular formula is C22H21FN2O3S. The molecule has 3 aromatic rings. The summed E-state index contributed by atoms with van der Waals surface area (Å²) in [5.41, 5.74) is 2.74. The van der Waals surface area contributed by atoms with Crippen LogP contribution in [0.3, 0.4) is 0 Å². The zero-order chi connectivity index (χ0) is 21.2. The summed E-state index contributed by atoms with van der Waals surface area (Å²) < 4.78 is 40.8. The van der Waals surface area contributed by atoms with Crippen LogP contribution >= 0.6 is 0 Å². The number of hydrogen-bond donors (Lipinski definition) is 1. The van der Waals surface area contributed by atoms with E-state index in [1.54, 1.807) is 12.1 Å². The van der Waals surface area contributed by atoms with E-state index in [2.05, 4.69) is 5.32 Å². The van der Waals surface area contributed by atoms with E-state index >= 15 is 0 Å². The molecule has 0 fully saturated rings. The summed E-state index contributed by atoms with van der Waals surface area (Å²) in [6.45, 7) is 3.84. The highest BCUT2D eigenvalue weighted by Gasteiger charge is 2.24. The van der Waals surface area contributed by atoms with Crippen molar-refractivity contribution in [2.75, 3.05) is 16.7 Å². The van der Waals surface area contributed by atoms with Crippen LogP contribution < -0.4 is 9.62 Å². The predicted octanol–water partition coefficient (Wildman–Crippen LogP) is 4.52. The summed E-state index contributed by atoms with van der Waals surface area (Å²) in [4.78, 5) is 12.6. The van der Waals surface area contributed by atoms with E-state index in [9.17, 15) is 17.6 Å². The summed E-state index contributed by atoms with van der Waals surface area (Å²) in [7, 11) is -2.77. The number of aryl methyl sites for hydroxylation is 1. The van der Waals surface area contributed by atoms with Gasteiger partial charge in [0, 0.05) is 18.3 Å². The van der Waals surface area contributed by atoms with Gasteiger partial charge in [0.25, 0.3) is 15.9 Å². The van der Waals surface area contributed by atoms with Crippen molar-refractivity contribution in [1.29, 1.82) is 0 Å². The van der Waals surface area contributed by atoms with Gasteiger partial charge in [-0.1, -0.05) is 30.3 Å². The quantitative estimate of drug-likeness (QED) is 0.670. The van der Waals surface area contributed by atoms with Gasteiger partial charge in [-0.15, -0.1) is 0 Å². The molecule has 3 aromatic carbocycles. The fraction of sp³-hybridized carbons (Fsp3) is 0.136. The van der Waals surface area contributed by atoms with Crippen LogP contribution in [0.25, 0.3) is 0 Å². The van der Waals surface area contributed by atoms with Crippen LogP contribution in [0.15, 0.2) is 71.6 Å². The first-order chi connectivity index (χ1) is 13.7. The number of para-hydroxylation sites is 1. The van der Waals surface area contributed by atoms with E-state index in [0.29, 0.717) is 5.69 Å². The van der Waals surface area contributed by atoms with Crippen LogP contribution in [0, 0.1) is 19.7 Å². The van der Waals surface area contributed by atoms with Crippen molar-refractivity contribution in [1.82, 2.24) is 0 Å². The second-order valence-corrected chi connectivity index (χ2v) is 8.62. The Balaban J connectivity index is 1.91. The molecule has 150 valence electrons. The van der Waals surface area contributed by atoms with Gasteiger partial charge in [0.05, 0.1) is 10.6 Å². The molecule has 0 bridgehead atoms. The molecular weight excluding hydrogens is 391 g/mol. The van der Waals surface area contributed by atoms with Crippen molar-refractivity contribution in [3.8, 4) is 0 Å². The van der Waals surface area contributed by atoms with Gasteiger partial charge >= 0.3 is 0 Å². The highest BCUT2D eigenvalue weighted by molar-refractivity contribution is 7.92. The predicted molar refractivity (Wildman–Crippen MR) is 112 cm³/mol. The van der Waals surface area contributed by atoms with Crippen LogP contribution in [0.1, 0.15) is 21.5 Å². The minimum absolute atomic E-state index is 0.0715. The Labute approximate surface area is 169 Å². The zero-order valence-corrected chi connectivity index (χ0v) is 17.1. The van der Waals surface area contributed by atoms with Gasteiger partial charge in [0.1, 0.15) is 5.82 Å². The number of nitrogens with zero attached hydrogens (tertiary/aromatic N) is 1. The molecule has 0 unspecified atom stereocenters. The Morgan fingerprint density at radius 3 is 2.38 bits per heavy atom. The topological polar surface area (TPSA) is 66.5 Å². The molecule has 0 saturated carbocycles. The van der Waals surface area contributed by atoms with Gasteiger partial charge < -0.3 is 5.32 Å². The Morgan fingerprint density at radius 1 is 0.966 bits per heavy atom. The van der Waals surface area contributed by atoms with Gasteiger partial charge in [-0.3, -0.25) is 9.10 Å². The molecule has 1 amide bonds. The minimum atomic E-state index is -4.04. The van der Waals surface area contributed by atoms with E-state index in [1.807, 2.05) is 26.0 Å². The van der Waals surface area contributed by atoms with Crippen molar-refractivity contribution >= 4 is 27.3 Å². The highest BCUT2D eigenvalue weighted by atomic mass is 32.2. The van der Waals surface area contributed by atoms with Gasteiger partial charge in [-0.05, 0) is 61.4 Å². The molecule has 0 radical (unpaired) electrons. The molecule has 0 heterocycles. The number of hydrogen-bond acceptors (Lipinski definition) is 3. The number of anilines is 2. The number of carbonyl (C=O) groups is 1. The van der Waals surface area contributed by atoms with Crippen LogP contribution in [-0.4, -0.2) is 21.4 Å². The molecule has 0 spiro atoms. The third kappa shape index (κ3) is 4.14. The van der Waals surface area contributed by atoms with Crippen molar-refractivity contribution < 1.29 is 17.6 Å². The minimum Gasteiger partial charge on any atom is -0.322 e. The second kappa shape index (κ2) is 8.05. The van der Waals surface area contributed by atoms with Gasteiger partial charge in [0.2, 0.25) is 0 Å². The average molecular weight is 412 g/mol. The maximum absolute atomic E-state index is 14.0. The Kier molecular flexibility index (Phi) is 5.70. The van der Waals surface area contributed by atoms with E-state index < -0.39 is 21.7 Å². The number of halogens is 1. The van der Waals surface area contributed by atoms with E-state index in [-0.39, 0.29) is 16.1 Å². The molecule has 0 saturated heterocycles. The average Bonchev–Trinajstić information content (AvgIpc) is 2.71. The van der Waals surface area contributed by atoms with Crippen molar-refractivity contribution in [3.63, 3.8) is 0 Å². The van der Waals surface area contributed by atoms with E-state index in [4.69, 9.17) is 0 Å². The molecule has 3 rings (SSSR count). The first kappa shape index (κ1) is 20.5. The number of carbonyl (C=O) groups excluding carboxylic acids is 1. The Bertz CT molecular complexity index is 1180. The monoisotopic (exact) mass is 412 g/mol. The number of benzene rings is 3.